The minimum absolute atomic E-state index is 0.137. The molecule has 0 aromatic heterocycles. The predicted octanol–water partition coefficient (Wildman–Crippen LogP) is 2.47. The fourth-order valence-corrected chi connectivity index (χ4v) is 2.75. The van der Waals surface area contributed by atoms with Crippen molar-refractivity contribution in [2.45, 2.75) is 25.4 Å². The molecule has 1 aliphatic rings. The van der Waals surface area contributed by atoms with Crippen molar-refractivity contribution >= 4 is 12.0 Å². The average molecular weight is 307 g/mol. The highest BCUT2D eigenvalue weighted by molar-refractivity contribution is 5.91. The molecule has 0 radical (unpaired) electrons. The Morgan fingerprint density at radius 1 is 1.50 bits per heavy atom. The molecule has 1 aromatic rings. The molecular weight excluding hydrogens is 285 g/mol. The van der Waals surface area contributed by atoms with Gasteiger partial charge in [0, 0.05) is 25.6 Å². The number of benzene rings is 1. The molecule has 5 heteroatoms. The van der Waals surface area contributed by atoms with Crippen molar-refractivity contribution in [3.8, 4) is 5.75 Å². The average Bonchev–Trinajstić information content (AvgIpc) is 2.91. The molecule has 1 aromatic carbocycles. The maximum absolute atomic E-state index is 13.3. The summed E-state index contributed by atoms with van der Waals surface area (Å²) in [6.07, 6.45) is 5.56. The van der Waals surface area contributed by atoms with Crippen LogP contribution in [0.2, 0.25) is 0 Å². The van der Waals surface area contributed by atoms with Crippen molar-refractivity contribution in [3.63, 3.8) is 0 Å². The van der Waals surface area contributed by atoms with Crippen LogP contribution in [0.4, 0.5) is 4.39 Å². The van der Waals surface area contributed by atoms with E-state index in [2.05, 4.69) is 0 Å². The number of carbonyl (C=O) groups is 1. The topological polar surface area (TPSA) is 49.8 Å². The van der Waals surface area contributed by atoms with Crippen molar-refractivity contribution in [1.29, 1.82) is 0 Å². The molecule has 0 bridgehead atoms. The third-order valence-electron chi connectivity index (χ3n) is 4.10. The number of carbonyl (C=O) groups excluding carboxylic acids is 1. The van der Waals surface area contributed by atoms with Gasteiger partial charge in [-0.3, -0.25) is 4.79 Å². The van der Waals surface area contributed by atoms with Gasteiger partial charge in [0.05, 0.1) is 13.2 Å². The van der Waals surface area contributed by atoms with Crippen LogP contribution in [0.15, 0.2) is 24.3 Å². The van der Waals surface area contributed by atoms with Gasteiger partial charge in [-0.1, -0.05) is 12.5 Å². The van der Waals surface area contributed by atoms with Crippen molar-refractivity contribution in [3.05, 3.63) is 35.7 Å². The monoisotopic (exact) mass is 307 g/mol. The maximum Gasteiger partial charge on any atom is 0.246 e. The second kappa shape index (κ2) is 7.40. The van der Waals surface area contributed by atoms with Crippen LogP contribution in [0, 0.1) is 11.7 Å². The van der Waals surface area contributed by atoms with Gasteiger partial charge in [-0.05, 0) is 36.6 Å². The minimum Gasteiger partial charge on any atom is -0.494 e. The van der Waals surface area contributed by atoms with Gasteiger partial charge in [0.15, 0.2) is 11.6 Å². The highest BCUT2D eigenvalue weighted by Crippen LogP contribution is 2.26. The van der Waals surface area contributed by atoms with Crippen molar-refractivity contribution in [2.24, 2.45) is 5.92 Å². The number of aliphatic hydroxyl groups excluding tert-OH is 1. The first kappa shape index (κ1) is 16.5. The molecule has 1 aliphatic carbocycles. The number of methoxy groups -OCH3 is 1. The lowest BCUT2D eigenvalue weighted by Crippen LogP contribution is -2.33. The van der Waals surface area contributed by atoms with E-state index in [1.165, 1.54) is 19.3 Å². The summed E-state index contributed by atoms with van der Waals surface area (Å²) >= 11 is 0. The van der Waals surface area contributed by atoms with Gasteiger partial charge in [-0.15, -0.1) is 0 Å². The lowest BCUT2D eigenvalue weighted by atomic mass is 10.1. The predicted molar refractivity (Wildman–Crippen MR) is 83.0 cm³/mol. The SMILES string of the molecule is COc1cc(/C=C/C(=O)N(C)CC2CCCC2O)ccc1F. The quantitative estimate of drug-likeness (QED) is 0.850. The normalized spacial score (nSPS) is 21.3. The minimum atomic E-state index is -0.432. The Labute approximate surface area is 130 Å². The summed E-state index contributed by atoms with van der Waals surface area (Å²) in [5, 5.41) is 9.81. The van der Waals surface area contributed by atoms with Crippen LogP contribution in [0.1, 0.15) is 24.8 Å². The molecule has 0 saturated heterocycles. The van der Waals surface area contributed by atoms with E-state index in [4.69, 9.17) is 4.74 Å². The molecule has 0 aliphatic heterocycles. The Morgan fingerprint density at radius 2 is 2.27 bits per heavy atom. The second-order valence-electron chi connectivity index (χ2n) is 5.70. The van der Waals surface area contributed by atoms with Crippen LogP contribution in [0.5, 0.6) is 5.75 Å². The molecular formula is C17H22FNO3. The van der Waals surface area contributed by atoms with Gasteiger partial charge in [-0.2, -0.15) is 0 Å². The maximum atomic E-state index is 13.3. The van der Waals surface area contributed by atoms with E-state index in [9.17, 15) is 14.3 Å². The zero-order chi connectivity index (χ0) is 16.1. The fourth-order valence-electron chi connectivity index (χ4n) is 2.75. The van der Waals surface area contributed by atoms with Gasteiger partial charge >= 0.3 is 0 Å². The molecule has 0 spiro atoms. The van der Waals surface area contributed by atoms with Crippen LogP contribution in [0.25, 0.3) is 6.08 Å². The number of hydrogen-bond donors (Lipinski definition) is 1. The van der Waals surface area contributed by atoms with Crippen LogP contribution >= 0.6 is 0 Å². The Bertz CT molecular complexity index is 559. The highest BCUT2D eigenvalue weighted by atomic mass is 19.1. The summed E-state index contributed by atoms with van der Waals surface area (Å²) < 4.78 is 18.2. The number of likely N-dealkylation sites (N-methyl/N-ethyl adjacent to an activating group) is 1. The first-order valence-electron chi connectivity index (χ1n) is 7.46. The molecule has 2 rings (SSSR count). The number of ether oxygens (including phenoxy) is 1. The number of halogens is 1. The van der Waals surface area contributed by atoms with Crippen LogP contribution in [-0.2, 0) is 4.79 Å². The van der Waals surface area contributed by atoms with E-state index in [-0.39, 0.29) is 23.7 Å². The Kier molecular flexibility index (Phi) is 5.55. The molecule has 4 nitrogen and oxygen atoms in total. The number of aliphatic hydroxyl groups is 1. The van der Waals surface area contributed by atoms with E-state index in [0.29, 0.717) is 12.1 Å². The summed E-state index contributed by atoms with van der Waals surface area (Å²) in [5.74, 6) is -0.258. The highest BCUT2D eigenvalue weighted by Gasteiger charge is 2.26. The third kappa shape index (κ3) is 4.07. The van der Waals surface area contributed by atoms with E-state index < -0.39 is 5.82 Å². The van der Waals surface area contributed by atoms with Gasteiger partial charge in [0.1, 0.15) is 0 Å². The molecule has 1 N–H and O–H groups in total. The zero-order valence-electron chi connectivity index (χ0n) is 13.0. The first-order chi connectivity index (χ1) is 10.5. The number of nitrogens with zero attached hydrogens (tertiary/aromatic N) is 1. The molecule has 120 valence electrons. The van der Waals surface area contributed by atoms with Crippen molar-refractivity contribution < 1.29 is 19.0 Å². The number of amides is 1. The standard InChI is InChI=1S/C17H22FNO3/c1-19(11-13-4-3-5-15(13)20)17(21)9-7-12-6-8-14(18)16(10-12)22-2/h6-10,13,15,20H,3-5,11H2,1-2H3/b9-7+. The number of hydrogen-bond acceptors (Lipinski definition) is 3. The zero-order valence-corrected chi connectivity index (χ0v) is 13.0. The molecule has 2 unspecified atom stereocenters. The van der Waals surface area contributed by atoms with Gasteiger partial charge in [-0.25, -0.2) is 4.39 Å². The molecule has 22 heavy (non-hydrogen) atoms. The smallest absolute Gasteiger partial charge is 0.246 e. The van der Waals surface area contributed by atoms with E-state index in [0.717, 1.165) is 19.3 Å². The van der Waals surface area contributed by atoms with Gasteiger partial charge < -0.3 is 14.7 Å². The lowest BCUT2D eigenvalue weighted by molar-refractivity contribution is -0.125. The molecule has 0 heterocycles. The van der Waals surface area contributed by atoms with E-state index >= 15 is 0 Å². The van der Waals surface area contributed by atoms with E-state index in [1.54, 1.807) is 30.2 Å². The molecule has 1 amide bonds. The Morgan fingerprint density at radius 3 is 2.91 bits per heavy atom. The summed E-state index contributed by atoms with van der Waals surface area (Å²) in [7, 11) is 3.13. The third-order valence-corrected chi connectivity index (χ3v) is 4.10. The van der Waals surface area contributed by atoms with Crippen molar-refractivity contribution in [1.82, 2.24) is 4.90 Å². The molecule has 2 atom stereocenters. The van der Waals surface area contributed by atoms with E-state index in [1.807, 2.05) is 0 Å². The Hall–Kier alpha value is -1.88. The van der Waals surface area contributed by atoms with Crippen LogP contribution < -0.4 is 4.74 Å². The molecule has 1 fully saturated rings. The van der Waals surface area contributed by atoms with Crippen LogP contribution in [0.3, 0.4) is 0 Å². The fraction of sp³-hybridized carbons (Fsp3) is 0.471. The first-order valence-corrected chi connectivity index (χ1v) is 7.46. The largest absolute Gasteiger partial charge is 0.494 e. The number of rotatable bonds is 5. The van der Waals surface area contributed by atoms with Gasteiger partial charge in [0.2, 0.25) is 5.91 Å². The van der Waals surface area contributed by atoms with Crippen LogP contribution in [-0.4, -0.2) is 42.7 Å². The Balaban J connectivity index is 1.95. The molecule has 1 saturated carbocycles. The summed E-state index contributed by atoms with van der Waals surface area (Å²) in [6.45, 7) is 0.553. The van der Waals surface area contributed by atoms with Gasteiger partial charge in [0.25, 0.3) is 0 Å². The van der Waals surface area contributed by atoms with Crippen molar-refractivity contribution in [2.75, 3.05) is 20.7 Å². The summed E-state index contributed by atoms with van der Waals surface area (Å²) in [6, 6.07) is 4.43. The second-order valence-corrected chi connectivity index (χ2v) is 5.70. The summed E-state index contributed by atoms with van der Waals surface area (Å²) in [4.78, 5) is 13.7. The lowest BCUT2D eigenvalue weighted by Gasteiger charge is -2.22. The summed E-state index contributed by atoms with van der Waals surface area (Å²) in [5.41, 5.74) is 0.695.